The highest BCUT2D eigenvalue weighted by Crippen LogP contribution is 2.48. The predicted octanol–water partition coefficient (Wildman–Crippen LogP) is 3.88. The summed E-state index contributed by atoms with van der Waals surface area (Å²) in [6.07, 6.45) is 13.6. The van der Waals surface area contributed by atoms with Crippen LogP contribution in [0.3, 0.4) is 0 Å². The molecule has 3 rings (SSSR count). The fourth-order valence-corrected chi connectivity index (χ4v) is 4.19. The number of hydrogen-bond donors (Lipinski definition) is 0. The molecule has 0 bridgehead atoms. The zero-order valence-corrected chi connectivity index (χ0v) is 10.1. The second kappa shape index (κ2) is 4.35. The minimum absolute atomic E-state index is 0.406. The van der Waals surface area contributed by atoms with Crippen LogP contribution in [-0.4, -0.2) is 5.78 Å². The lowest BCUT2D eigenvalue weighted by molar-refractivity contribution is -0.114. The first kappa shape index (κ1) is 10.6. The van der Waals surface area contributed by atoms with Crippen LogP contribution in [0.5, 0.6) is 0 Å². The van der Waals surface area contributed by atoms with Crippen LogP contribution in [0.25, 0.3) is 0 Å². The molecule has 0 aromatic heterocycles. The van der Waals surface area contributed by atoms with Gasteiger partial charge < -0.3 is 0 Å². The van der Waals surface area contributed by atoms with E-state index in [-0.39, 0.29) is 0 Å². The molecule has 0 spiro atoms. The third-order valence-electron chi connectivity index (χ3n) is 5.00. The van der Waals surface area contributed by atoms with Crippen molar-refractivity contribution >= 4 is 5.78 Å². The van der Waals surface area contributed by atoms with Gasteiger partial charge in [-0.1, -0.05) is 18.4 Å². The van der Waals surface area contributed by atoms with Gasteiger partial charge in [0.15, 0.2) is 5.78 Å². The SMILES string of the molecule is O=C1C=C2[C@H](CCC1)CC[C@H]1CCCC[C@H]21. The first-order chi connectivity index (χ1) is 7.84. The van der Waals surface area contributed by atoms with Gasteiger partial charge in [0.1, 0.15) is 0 Å². The number of carbonyl (C=O) groups excluding carboxylic acids is 1. The summed E-state index contributed by atoms with van der Waals surface area (Å²) in [6, 6.07) is 0. The van der Waals surface area contributed by atoms with Gasteiger partial charge in [-0.2, -0.15) is 0 Å². The highest BCUT2D eigenvalue weighted by Gasteiger charge is 2.36. The van der Waals surface area contributed by atoms with Crippen LogP contribution >= 0.6 is 0 Å². The van der Waals surface area contributed by atoms with Crippen LogP contribution in [0.15, 0.2) is 11.6 Å². The van der Waals surface area contributed by atoms with Gasteiger partial charge in [0.2, 0.25) is 0 Å². The van der Waals surface area contributed by atoms with Crippen molar-refractivity contribution in [3.05, 3.63) is 11.6 Å². The molecule has 0 N–H and O–H groups in total. The highest BCUT2D eigenvalue weighted by molar-refractivity contribution is 5.90. The van der Waals surface area contributed by atoms with Gasteiger partial charge >= 0.3 is 0 Å². The van der Waals surface area contributed by atoms with Crippen LogP contribution < -0.4 is 0 Å². The van der Waals surface area contributed by atoms with Crippen LogP contribution in [-0.2, 0) is 4.79 Å². The number of carbonyl (C=O) groups is 1. The molecule has 2 fully saturated rings. The molecule has 0 aliphatic heterocycles. The number of fused-ring (bicyclic) bond motifs is 3. The quantitative estimate of drug-likeness (QED) is 0.603. The van der Waals surface area contributed by atoms with E-state index in [1.807, 2.05) is 0 Å². The van der Waals surface area contributed by atoms with Gasteiger partial charge in [-0.3, -0.25) is 4.79 Å². The van der Waals surface area contributed by atoms with Crippen molar-refractivity contribution in [1.82, 2.24) is 0 Å². The molecule has 1 nitrogen and oxygen atoms in total. The molecular weight excluding hydrogens is 196 g/mol. The summed E-state index contributed by atoms with van der Waals surface area (Å²) < 4.78 is 0. The maximum atomic E-state index is 11.7. The number of allylic oxidation sites excluding steroid dienone is 2. The first-order valence-electron chi connectivity index (χ1n) is 7.09. The van der Waals surface area contributed by atoms with Crippen molar-refractivity contribution in [2.75, 3.05) is 0 Å². The van der Waals surface area contributed by atoms with Crippen molar-refractivity contribution in [3.8, 4) is 0 Å². The van der Waals surface area contributed by atoms with E-state index in [1.165, 1.54) is 44.9 Å². The van der Waals surface area contributed by atoms with E-state index in [1.54, 1.807) is 5.57 Å². The Morgan fingerprint density at radius 3 is 2.75 bits per heavy atom. The average Bonchev–Trinajstić information content (AvgIpc) is 2.50. The minimum atomic E-state index is 0.406. The third kappa shape index (κ3) is 1.85. The molecule has 3 aliphatic rings. The summed E-state index contributed by atoms with van der Waals surface area (Å²) in [6.45, 7) is 0. The van der Waals surface area contributed by atoms with Gasteiger partial charge in [0.25, 0.3) is 0 Å². The van der Waals surface area contributed by atoms with E-state index in [0.717, 1.165) is 30.6 Å². The highest BCUT2D eigenvalue weighted by atomic mass is 16.1. The Balaban J connectivity index is 1.88. The summed E-state index contributed by atoms with van der Waals surface area (Å²) in [4.78, 5) is 11.7. The van der Waals surface area contributed by atoms with Crippen molar-refractivity contribution in [3.63, 3.8) is 0 Å². The standard InChI is InChI=1S/C15H22O/c16-13-6-3-5-12-9-8-11-4-1-2-7-14(11)15(12)10-13/h10-12,14H,1-9H2/t11-,12-,14+/m1/s1. The summed E-state index contributed by atoms with van der Waals surface area (Å²) >= 11 is 0. The maximum Gasteiger partial charge on any atom is 0.155 e. The van der Waals surface area contributed by atoms with E-state index in [0.29, 0.717) is 5.78 Å². The molecule has 3 aliphatic carbocycles. The number of hydrogen-bond acceptors (Lipinski definition) is 1. The van der Waals surface area contributed by atoms with Crippen LogP contribution in [0.4, 0.5) is 0 Å². The molecule has 0 aromatic rings. The molecule has 0 aromatic carbocycles. The predicted molar refractivity (Wildman–Crippen MR) is 65.1 cm³/mol. The Morgan fingerprint density at radius 2 is 1.81 bits per heavy atom. The Bertz CT molecular complexity index is 315. The van der Waals surface area contributed by atoms with Crippen molar-refractivity contribution in [2.45, 2.75) is 57.8 Å². The lowest BCUT2D eigenvalue weighted by atomic mass is 9.64. The van der Waals surface area contributed by atoms with Crippen LogP contribution in [0.2, 0.25) is 0 Å². The molecule has 0 radical (unpaired) electrons. The molecule has 2 saturated carbocycles. The van der Waals surface area contributed by atoms with E-state index >= 15 is 0 Å². The zero-order chi connectivity index (χ0) is 11.0. The first-order valence-corrected chi connectivity index (χ1v) is 7.09. The van der Waals surface area contributed by atoms with Gasteiger partial charge in [-0.05, 0) is 62.4 Å². The molecule has 88 valence electrons. The van der Waals surface area contributed by atoms with Gasteiger partial charge in [-0.25, -0.2) is 0 Å². The molecule has 3 atom stereocenters. The van der Waals surface area contributed by atoms with Crippen molar-refractivity contribution in [1.29, 1.82) is 0 Å². The third-order valence-corrected chi connectivity index (χ3v) is 5.00. The van der Waals surface area contributed by atoms with E-state index in [9.17, 15) is 4.79 Å². The Hall–Kier alpha value is -0.590. The Morgan fingerprint density at radius 1 is 0.938 bits per heavy atom. The zero-order valence-electron chi connectivity index (χ0n) is 10.1. The normalized spacial score (nSPS) is 39.4. The topological polar surface area (TPSA) is 17.1 Å². The summed E-state index contributed by atoms with van der Waals surface area (Å²) in [5.74, 6) is 2.88. The summed E-state index contributed by atoms with van der Waals surface area (Å²) in [5, 5.41) is 0. The van der Waals surface area contributed by atoms with Crippen LogP contribution in [0, 0.1) is 17.8 Å². The van der Waals surface area contributed by atoms with Crippen molar-refractivity contribution < 1.29 is 4.79 Å². The summed E-state index contributed by atoms with van der Waals surface area (Å²) in [5.41, 5.74) is 1.57. The smallest absolute Gasteiger partial charge is 0.155 e. The van der Waals surface area contributed by atoms with Crippen molar-refractivity contribution in [2.24, 2.45) is 17.8 Å². The molecule has 16 heavy (non-hydrogen) atoms. The monoisotopic (exact) mass is 218 g/mol. The molecule has 0 saturated heterocycles. The lowest BCUT2D eigenvalue weighted by Gasteiger charge is -2.41. The average molecular weight is 218 g/mol. The second-order valence-electron chi connectivity index (χ2n) is 5.93. The van der Waals surface area contributed by atoms with E-state index in [4.69, 9.17) is 0 Å². The maximum absolute atomic E-state index is 11.7. The summed E-state index contributed by atoms with van der Waals surface area (Å²) in [7, 11) is 0. The lowest BCUT2D eigenvalue weighted by Crippen LogP contribution is -2.30. The van der Waals surface area contributed by atoms with E-state index < -0.39 is 0 Å². The Kier molecular flexibility index (Phi) is 2.87. The fraction of sp³-hybridized carbons (Fsp3) is 0.800. The molecule has 0 unspecified atom stereocenters. The Labute approximate surface area is 98.3 Å². The largest absolute Gasteiger partial charge is 0.295 e. The molecule has 0 heterocycles. The molecular formula is C15H22O. The molecule has 0 amide bonds. The van der Waals surface area contributed by atoms with Gasteiger partial charge in [-0.15, -0.1) is 0 Å². The second-order valence-corrected chi connectivity index (χ2v) is 5.93. The van der Waals surface area contributed by atoms with E-state index in [2.05, 4.69) is 6.08 Å². The number of rotatable bonds is 0. The van der Waals surface area contributed by atoms with Gasteiger partial charge in [0, 0.05) is 6.42 Å². The van der Waals surface area contributed by atoms with Crippen LogP contribution in [0.1, 0.15) is 57.8 Å². The number of ketones is 1. The fourth-order valence-electron chi connectivity index (χ4n) is 4.19. The minimum Gasteiger partial charge on any atom is -0.295 e. The van der Waals surface area contributed by atoms with Gasteiger partial charge in [0.05, 0.1) is 0 Å². The molecule has 1 heteroatoms.